The monoisotopic (exact) mass is 346 g/mol. The van der Waals surface area contributed by atoms with Crippen molar-refractivity contribution < 1.29 is 14.4 Å². The zero-order valence-corrected chi connectivity index (χ0v) is 13.5. The molecule has 0 N–H and O–H groups in total. The number of benzene rings is 2. The minimum absolute atomic E-state index is 0.0372. The highest BCUT2D eigenvalue weighted by atomic mass is 35.5. The molecule has 0 radical (unpaired) electrons. The van der Waals surface area contributed by atoms with Crippen LogP contribution in [0.2, 0.25) is 5.02 Å². The minimum atomic E-state index is -0.379. The van der Waals surface area contributed by atoms with E-state index in [1.807, 2.05) is 18.2 Å². The quantitative estimate of drug-likeness (QED) is 0.611. The first kappa shape index (κ1) is 15.1. The van der Waals surface area contributed by atoms with Crippen LogP contribution in [-0.2, 0) is 0 Å². The SMILES string of the molecule is O=[N+]([O-])c1cc(Cl)ccc1N1CCCC1c1ccc2c(c1)OCO2. The van der Waals surface area contributed by atoms with Crippen LogP contribution < -0.4 is 14.4 Å². The molecule has 2 aromatic rings. The Morgan fingerprint density at radius 3 is 2.83 bits per heavy atom. The third-order valence-electron chi connectivity index (χ3n) is 4.48. The van der Waals surface area contributed by atoms with Crippen LogP contribution in [0.1, 0.15) is 24.4 Å². The van der Waals surface area contributed by atoms with Crippen molar-refractivity contribution in [2.75, 3.05) is 18.2 Å². The second-order valence-corrected chi connectivity index (χ2v) is 6.29. The molecule has 1 fully saturated rings. The number of nitrogens with zero attached hydrogens (tertiary/aromatic N) is 2. The average Bonchev–Trinajstić information content (AvgIpc) is 3.22. The largest absolute Gasteiger partial charge is 0.454 e. The van der Waals surface area contributed by atoms with E-state index in [9.17, 15) is 10.1 Å². The van der Waals surface area contributed by atoms with E-state index in [-0.39, 0.29) is 23.4 Å². The van der Waals surface area contributed by atoms with Crippen LogP contribution in [-0.4, -0.2) is 18.3 Å². The number of hydrogen-bond acceptors (Lipinski definition) is 5. The maximum absolute atomic E-state index is 11.4. The van der Waals surface area contributed by atoms with Gasteiger partial charge in [0.15, 0.2) is 11.5 Å². The smallest absolute Gasteiger partial charge is 0.294 e. The second-order valence-electron chi connectivity index (χ2n) is 5.85. The molecule has 124 valence electrons. The highest BCUT2D eigenvalue weighted by Gasteiger charge is 2.31. The Morgan fingerprint density at radius 1 is 1.17 bits per heavy atom. The minimum Gasteiger partial charge on any atom is -0.454 e. The summed E-state index contributed by atoms with van der Waals surface area (Å²) in [6.45, 7) is 0.997. The predicted octanol–water partition coefficient (Wildman–Crippen LogP) is 4.32. The molecular formula is C17H15ClN2O4. The number of halogens is 1. The third kappa shape index (κ3) is 2.53. The summed E-state index contributed by atoms with van der Waals surface area (Å²) in [5, 5.41) is 11.8. The summed E-state index contributed by atoms with van der Waals surface area (Å²) in [4.78, 5) is 13.1. The van der Waals surface area contributed by atoms with E-state index in [4.69, 9.17) is 21.1 Å². The molecule has 1 atom stereocenters. The Morgan fingerprint density at radius 2 is 2.00 bits per heavy atom. The first-order chi connectivity index (χ1) is 11.6. The standard InChI is InChI=1S/C17H15ClN2O4/c18-12-4-5-14(15(9-12)20(21)22)19-7-1-2-13(19)11-3-6-16-17(8-11)24-10-23-16/h3-6,8-9,13H,1-2,7,10H2. The molecule has 24 heavy (non-hydrogen) atoms. The lowest BCUT2D eigenvalue weighted by atomic mass is 10.0. The zero-order chi connectivity index (χ0) is 16.7. The summed E-state index contributed by atoms with van der Waals surface area (Å²) >= 11 is 5.93. The number of hydrogen-bond donors (Lipinski definition) is 0. The van der Waals surface area contributed by atoms with Gasteiger partial charge in [0.25, 0.3) is 5.69 Å². The first-order valence-electron chi connectivity index (χ1n) is 7.73. The maximum Gasteiger partial charge on any atom is 0.294 e. The molecule has 0 spiro atoms. The number of nitro groups is 1. The van der Waals surface area contributed by atoms with E-state index < -0.39 is 0 Å². The van der Waals surface area contributed by atoms with Crippen LogP contribution in [0.15, 0.2) is 36.4 Å². The summed E-state index contributed by atoms with van der Waals surface area (Å²) in [7, 11) is 0. The van der Waals surface area contributed by atoms with Gasteiger partial charge in [0.1, 0.15) is 5.69 Å². The molecule has 0 aromatic heterocycles. The van der Waals surface area contributed by atoms with Crippen LogP contribution in [0.5, 0.6) is 11.5 Å². The molecule has 0 bridgehead atoms. The van der Waals surface area contributed by atoms with Gasteiger partial charge in [0.2, 0.25) is 6.79 Å². The van der Waals surface area contributed by atoms with Gasteiger partial charge in [0, 0.05) is 17.6 Å². The highest BCUT2D eigenvalue weighted by molar-refractivity contribution is 6.30. The number of fused-ring (bicyclic) bond motifs is 1. The molecule has 6 nitrogen and oxygen atoms in total. The van der Waals surface area contributed by atoms with E-state index in [0.29, 0.717) is 10.7 Å². The molecule has 0 amide bonds. The Balaban J connectivity index is 1.72. The van der Waals surface area contributed by atoms with Gasteiger partial charge in [-0.3, -0.25) is 10.1 Å². The van der Waals surface area contributed by atoms with Crippen molar-refractivity contribution in [3.05, 3.63) is 57.1 Å². The van der Waals surface area contributed by atoms with Gasteiger partial charge in [-0.1, -0.05) is 17.7 Å². The normalized spacial score (nSPS) is 18.9. The number of nitro benzene ring substituents is 1. The van der Waals surface area contributed by atoms with Crippen molar-refractivity contribution in [1.29, 1.82) is 0 Å². The van der Waals surface area contributed by atoms with Crippen LogP contribution in [0.3, 0.4) is 0 Å². The van der Waals surface area contributed by atoms with Gasteiger partial charge in [-0.15, -0.1) is 0 Å². The molecule has 2 aliphatic heterocycles. The van der Waals surface area contributed by atoms with Crippen molar-refractivity contribution >= 4 is 23.0 Å². The highest BCUT2D eigenvalue weighted by Crippen LogP contribution is 2.43. The topological polar surface area (TPSA) is 64.8 Å². The predicted molar refractivity (Wildman–Crippen MR) is 90.0 cm³/mol. The van der Waals surface area contributed by atoms with Gasteiger partial charge in [-0.2, -0.15) is 0 Å². The summed E-state index contributed by atoms with van der Waals surface area (Å²) in [5.41, 5.74) is 1.71. The van der Waals surface area contributed by atoms with Gasteiger partial charge in [0.05, 0.1) is 11.0 Å². The Bertz CT molecular complexity index is 811. The van der Waals surface area contributed by atoms with Crippen molar-refractivity contribution in [3.8, 4) is 11.5 Å². The fraction of sp³-hybridized carbons (Fsp3) is 0.294. The molecule has 4 rings (SSSR count). The van der Waals surface area contributed by atoms with Gasteiger partial charge < -0.3 is 14.4 Å². The van der Waals surface area contributed by atoms with E-state index in [2.05, 4.69) is 4.90 Å². The van der Waals surface area contributed by atoms with Gasteiger partial charge in [-0.05, 0) is 42.7 Å². The number of ether oxygens (including phenoxy) is 2. The fourth-order valence-electron chi connectivity index (χ4n) is 3.41. The molecule has 2 heterocycles. The maximum atomic E-state index is 11.4. The van der Waals surface area contributed by atoms with Crippen molar-refractivity contribution in [1.82, 2.24) is 0 Å². The van der Waals surface area contributed by atoms with Gasteiger partial charge >= 0.3 is 0 Å². The van der Waals surface area contributed by atoms with Gasteiger partial charge in [-0.25, -0.2) is 0 Å². The molecule has 1 unspecified atom stereocenters. The van der Waals surface area contributed by atoms with Crippen LogP contribution >= 0.6 is 11.6 Å². The van der Waals surface area contributed by atoms with E-state index in [0.717, 1.165) is 36.4 Å². The lowest BCUT2D eigenvalue weighted by molar-refractivity contribution is -0.384. The second kappa shape index (κ2) is 5.87. The molecule has 0 saturated carbocycles. The Labute approximate surface area is 143 Å². The van der Waals surface area contributed by atoms with Crippen LogP contribution in [0, 0.1) is 10.1 Å². The zero-order valence-electron chi connectivity index (χ0n) is 12.8. The summed E-state index contributed by atoms with van der Waals surface area (Å²) in [5.74, 6) is 1.46. The first-order valence-corrected chi connectivity index (χ1v) is 8.11. The van der Waals surface area contributed by atoms with Crippen LogP contribution in [0.4, 0.5) is 11.4 Å². The molecule has 0 aliphatic carbocycles. The molecule has 1 saturated heterocycles. The number of anilines is 1. The summed E-state index contributed by atoms with van der Waals surface area (Å²) in [6.07, 6.45) is 1.90. The molecular weight excluding hydrogens is 332 g/mol. The van der Waals surface area contributed by atoms with Crippen molar-refractivity contribution in [3.63, 3.8) is 0 Å². The van der Waals surface area contributed by atoms with Crippen LogP contribution in [0.25, 0.3) is 0 Å². The van der Waals surface area contributed by atoms with E-state index in [1.165, 1.54) is 6.07 Å². The summed E-state index contributed by atoms with van der Waals surface area (Å²) in [6, 6.07) is 10.8. The molecule has 2 aromatic carbocycles. The van der Waals surface area contributed by atoms with Crippen molar-refractivity contribution in [2.45, 2.75) is 18.9 Å². The Kier molecular flexibility index (Phi) is 3.69. The number of rotatable bonds is 3. The average molecular weight is 347 g/mol. The summed E-state index contributed by atoms with van der Waals surface area (Å²) < 4.78 is 10.8. The Hall–Kier alpha value is -2.47. The van der Waals surface area contributed by atoms with E-state index in [1.54, 1.807) is 12.1 Å². The van der Waals surface area contributed by atoms with E-state index >= 15 is 0 Å². The molecule has 2 aliphatic rings. The molecule has 7 heteroatoms. The fourth-order valence-corrected chi connectivity index (χ4v) is 3.57. The lowest BCUT2D eigenvalue weighted by Crippen LogP contribution is -2.23. The third-order valence-corrected chi connectivity index (χ3v) is 4.71. The lowest BCUT2D eigenvalue weighted by Gasteiger charge is -2.27. The van der Waals surface area contributed by atoms with Crippen molar-refractivity contribution in [2.24, 2.45) is 0 Å².